The van der Waals surface area contributed by atoms with Crippen molar-refractivity contribution in [3.63, 3.8) is 0 Å². The molecule has 4 nitrogen and oxygen atoms in total. The molecule has 0 aliphatic heterocycles. The standard InChI is InChI=1S/C13H23NO3S2/c1-10(2)6-14(7-11(3)4)19(16,17)13-5-12(8-15)18-9-13/h5,9-11,15H,6-8H2,1-4H3. The van der Waals surface area contributed by atoms with Crippen LogP contribution in [0.1, 0.15) is 32.6 Å². The van der Waals surface area contributed by atoms with Gasteiger partial charge in [-0.25, -0.2) is 8.42 Å². The Labute approximate surface area is 120 Å². The van der Waals surface area contributed by atoms with Gasteiger partial charge in [0.2, 0.25) is 10.0 Å². The molecule has 0 saturated heterocycles. The first-order valence-corrected chi connectivity index (χ1v) is 8.77. The molecular weight excluding hydrogens is 282 g/mol. The van der Waals surface area contributed by atoms with E-state index in [0.29, 0.717) is 22.9 Å². The van der Waals surface area contributed by atoms with Crippen molar-refractivity contribution in [3.05, 3.63) is 16.3 Å². The van der Waals surface area contributed by atoms with Gasteiger partial charge in [-0.2, -0.15) is 4.31 Å². The molecule has 1 N–H and O–H groups in total. The van der Waals surface area contributed by atoms with Crippen LogP contribution in [-0.4, -0.2) is 30.9 Å². The quantitative estimate of drug-likeness (QED) is 0.842. The van der Waals surface area contributed by atoms with Gasteiger partial charge in [-0.15, -0.1) is 11.3 Å². The van der Waals surface area contributed by atoms with Crippen LogP contribution < -0.4 is 0 Å². The Hall–Kier alpha value is -0.430. The predicted octanol–water partition coefficient (Wildman–Crippen LogP) is 2.54. The molecule has 0 radical (unpaired) electrons. The lowest BCUT2D eigenvalue weighted by Gasteiger charge is -2.25. The van der Waals surface area contributed by atoms with Gasteiger partial charge in [0.25, 0.3) is 0 Å². The lowest BCUT2D eigenvalue weighted by atomic mass is 10.2. The number of aliphatic hydroxyl groups excluding tert-OH is 1. The Morgan fingerprint density at radius 3 is 2.11 bits per heavy atom. The zero-order valence-corrected chi connectivity index (χ0v) is 13.6. The van der Waals surface area contributed by atoms with Gasteiger partial charge in [0.1, 0.15) is 0 Å². The third-order valence-corrected chi connectivity index (χ3v) is 5.44. The van der Waals surface area contributed by atoms with Crippen LogP contribution >= 0.6 is 11.3 Å². The summed E-state index contributed by atoms with van der Waals surface area (Å²) in [6, 6.07) is 1.56. The molecule has 0 unspecified atom stereocenters. The van der Waals surface area contributed by atoms with E-state index in [1.54, 1.807) is 15.8 Å². The summed E-state index contributed by atoms with van der Waals surface area (Å²) < 4.78 is 26.7. The maximum Gasteiger partial charge on any atom is 0.243 e. The molecule has 19 heavy (non-hydrogen) atoms. The largest absolute Gasteiger partial charge is 0.391 e. The molecular formula is C13H23NO3S2. The highest BCUT2D eigenvalue weighted by Gasteiger charge is 2.26. The molecule has 1 heterocycles. The van der Waals surface area contributed by atoms with E-state index < -0.39 is 10.0 Å². The van der Waals surface area contributed by atoms with Crippen LogP contribution in [0.2, 0.25) is 0 Å². The van der Waals surface area contributed by atoms with Crippen molar-refractivity contribution in [2.45, 2.75) is 39.2 Å². The normalized spacial score (nSPS) is 12.8. The first-order valence-electron chi connectivity index (χ1n) is 6.45. The number of hydrogen-bond acceptors (Lipinski definition) is 4. The van der Waals surface area contributed by atoms with Gasteiger partial charge >= 0.3 is 0 Å². The minimum absolute atomic E-state index is 0.117. The molecule has 1 rings (SSSR count). The van der Waals surface area contributed by atoms with Crippen molar-refractivity contribution >= 4 is 21.4 Å². The predicted molar refractivity (Wildman–Crippen MR) is 78.7 cm³/mol. The van der Waals surface area contributed by atoms with Gasteiger partial charge in [-0.3, -0.25) is 0 Å². The SMILES string of the molecule is CC(C)CN(CC(C)C)S(=O)(=O)c1csc(CO)c1. The minimum Gasteiger partial charge on any atom is -0.391 e. The first kappa shape index (κ1) is 16.6. The Balaban J connectivity index is 3.03. The maximum atomic E-state index is 12.6. The second-order valence-corrected chi connectivity index (χ2v) is 8.45. The molecule has 6 heteroatoms. The summed E-state index contributed by atoms with van der Waals surface area (Å²) >= 11 is 1.28. The summed E-state index contributed by atoms with van der Waals surface area (Å²) in [6.07, 6.45) is 0. The number of hydrogen-bond donors (Lipinski definition) is 1. The fourth-order valence-corrected chi connectivity index (χ4v) is 4.70. The molecule has 0 aliphatic rings. The van der Waals surface area contributed by atoms with Crippen LogP contribution in [0.3, 0.4) is 0 Å². The lowest BCUT2D eigenvalue weighted by Crippen LogP contribution is -2.36. The monoisotopic (exact) mass is 305 g/mol. The van der Waals surface area contributed by atoms with E-state index in [4.69, 9.17) is 5.11 Å². The van der Waals surface area contributed by atoms with Gasteiger partial charge in [0, 0.05) is 23.3 Å². The molecule has 0 aromatic carbocycles. The van der Waals surface area contributed by atoms with Crippen molar-refractivity contribution in [1.82, 2.24) is 4.31 Å². The lowest BCUT2D eigenvalue weighted by molar-refractivity contribution is 0.285. The molecule has 0 atom stereocenters. The average molecular weight is 305 g/mol. The van der Waals surface area contributed by atoms with Crippen molar-refractivity contribution in [1.29, 1.82) is 0 Å². The smallest absolute Gasteiger partial charge is 0.243 e. The molecule has 0 saturated carbocycles. The highest BCUT2D eigenvalue weighted by atomic mass is 32.2. The topological polar surface area (TPSA) is 57.6 Å². The number of aliphatic hydroxyl groups is 1. The third-order valence-electron chi connectivity index (χ3n) is 2.56. The Morgan fingerprint density at radius 2 is 1.74 bits per heavy atom. The van der Waals surface area contributed by atoms with Crippen LogP contribution in [0.15, 0.2) is 16.3 Å². The second-order valence-electron chi connectivity index (χ2n) is 5.52. The van der Waals surface area contributed by atoms with E-state index >= 15 is 0 Å². The van der Waals surface area contributed by atoms with E-state index in [1.165, 1.54) is 11.3 Å². The molecule has 0 amide bonds. The summed E-state index contributed by atoms with van der Waals surface area (Å²) in [4.78, 5) is 0.968. The Kier molecular flexibility index (Phi) is 5.98. The molecule has 0 fully saturated rings. The van der Waals surface area contributed by atoms with E-state index in [1.807, 2.05) is 27.7 Å². The number of sulfonamides is 1. The number of rotatable bonds is 7. The highest BCUT2D eigenvalue weighted by Crippen LogP contribution is 2.24. The fourth-order valence-electron chi connectivity index (χ4n) is 1.81. The third kappa shape index (κ3) is 4.56. The minimum atomic E-state index is -3.45. The summed E-state index contributed by atoms with van der Waals surface area (Å²) in [5, 5.41) is 10.7. The van der Waals surface area contributed by atoms with Crippen LogP contribution in [0.25, 0.3) is 0 Å². The maximum absolute atomic E-state index is 12.6. The van der Waals surface area contributed by atoms with Crippen LogP contribution in [-0.2, 0) is 16.6 Å². The molecule has 1 aromatic heterocycles. The van der Waals surface area contributed by atoms with Crippen molar-refractivity contribution in [3.8, 4) is 0 Å². The zero-order valence-electron chi connectivity index (χ0n) is 12.0. The molecule has 0 spiro atoms. The van der Waals surface area contributed by atoms with Gasteiger partial charge in [-0.05, 0) is 17.9 Å². The van der Waals surface area contributed by atoms with Crippen LogP contribution in [0, 0.1) is 11.8 Å². The highest BCUT2D eigenvalue weighted by molar-refractivity contribution is 7.89. The Morgan fingerprint density at radius 1 is 1.21 bits per heavy atom. The number of nitrogens with zero attached hydrogens (tertiary/aromatic N) is 1. The van der Waals surface area contributed by atoms with Crippen LogP contribution in [0.5, 0.6) is 0 Å². The van der Waals surface area contributed by atoms with Gasteiger partial charge in [0.05, 0.1) is 11.5 Å². The van der Waals surface area contributed by atoms with E-state index in [2.05, 4.69) is 0 Å². The molecule has 1 aromatic rings. The molecule has 0 bridgehead atoms. The molecule has 110 valence electrons. The first-order chi connectivity index (χ1) is 8.77. The van der Waals surface area contributed by atoms with E-state index in [0.717, 1.165) is 0 Å². The number of thiophene rings is 1. The van der Waals surface area contributed by atoms with Crippen molar-refractivity contribution in [2.75, 3.05) is 13.1 Å². The van der Waals surface area contributed by atoms with Crippen molar-refractivity contribution in [2.24, 2.45) is 11.8 Å². The fraction of sp³-hybridized carbons (Fsp3) is 0.692. The summed E-state index contributed by atoms with van der Waals surface area (Å²) in [7, 11) is -3.45. The summed E-state index contributed by atoms with van der Waals surface area (Å²) in [5.74, 6) is 0.564. The van der Waals surface area contributed by atoms with E-state index in [9.17, 15) is 8.42 Å². The van der Waals surface area contributed by atoms with E-state index in [-0.39, 0.29) is 18.4 Å². The zero-order chi connectivity index (χ0) is 14.6. The summed E-state index contributed by atoms with van der Waals surface area (Å²) in [5.41, 5.74) is 0. The van der Waals surface area contributed by atoms with Crippen molar-refractivity contribution < 1.29 is 13.5 Å². The van der Waals surface area contributed by atoms with Gasteiger partial charge < -0.3 is 5.11 Å². The summed E-state index contributed by atoms with van der Waals surface area (Å²) in [6.45, 7) is 8.96. The second kappa shape index (κ2) is 6.83. The Bertz CT molecular complexity index is 482. The van der Waals surface area contributed by atoms with Gasteiger partial charge in [0.15, 0.2) is 0 Å². The average Bonchev–Trinajstić information content (AvgIpc) is 2.75. The molecule has 0 aliphatic carbocycles. The van der Waals surface area contributed by atoms with Gasteiger partial charge in [-0.1, -0.05) is 27.7 Å². The van der Waals surface area contributed by atoms with Crippen LogP contribution in [0.4, 0.5) is 0 Å².